The summed E-state index contributed by atoms with van der Waals surface area (Å²) in [7, 11) is 0. The average Bonchev–Trinajstić information content (AvgIpc) is 3.10. The highest BCUT2D eigenvalue weighted by Crippen LogP contribution is 2.24. The second-order valence-corrected chi connectivity index (χ2v) is 14.3. The number of pyridine rings is 1. The number of amides is 2. The lowest BCUT2D eigenvalue weighted by Crippen LogP contribution is -2.47. The Morgan fingerprint density at radius 3 is 1.43 bits per heavy atom. The molecule has 0 radical (unpaired) electrons. The molecule has 262 valence electrons. The van der Waals surface area contributed by atoms with Gasteiger partial charge in [-0.2, -0.15) is 0 Å². The third-order valence-electron chi connectivity index (χ3n) is 10.5. The maximum atomic E-state index is 13.4. The zero-order chi connectivity index (χ0) is 34.0. The molecule has 4 heterocycles. The van der Waals surface area contributed by atoms with Crippen LogP contribution in [-0.4, -0.2) is 102 Å². The Hall–Kier alpha value is -3.99. The summed E-state index contributed by atoms with van der Waals surface area (Å²) < 4.78 is 0. The van der Waals surface area contributed by atoms with E-state index in [0.717, 1.165) is 114 Å². The first-order valence-electron chi connectivity index (χ1n) is 18.2. The van der Waals surface area contributed by atoms with Gasteiger partial charge in [0.05, 0.1) is 24.5 Å². The number of benzene rings is 2. The highest BCUT2D eigenvalue weighted by molar-refractivity contribution is 5.78. The lowest BCUT2D eigenvalue weighted by molar-refractivity contribution is -0.134. The van der Waals surface area contributed by atoms with Gasteiger partial charge in [-0.3, -0.25) is 24.4 Å². The van der Waals surface area contributed by atoms with Gasteiger partial charge in [0, 0.05) is 76.8 Å². The molecule has 6 rings (SSSR count). The van der Waals surface area contributed by atoms with Gasteiger partial charge in [-0.25, -0.2) is 0 Å². The summed E-state index contributed by atoms with van der Waals surface area (Å²) in [6, 6.07) is 22.5. The maximum absolute atomic E-state index is 13.4. The van der Waals surface area contributed by atoms with Crippen LogP contribution in [0.1, 0.15) is 48.2 Å². The van der Waals surface area contributed by atoms with E-state index in [1.165, 1.54) is 11.1 Å². The number of likely N-dealkylation sites (tertiary alicyclic amines) is 2. The van der Waals surface area contributed by atoms with Crippen molar-refractivity contribution in [3.63, 3.8) is 0 Å². The van der Waals surface area contributed by atoms with Gasteiger partial charge >= 0.3 is 0 Å². The van der Waals surface area contributed by atoms with E-state index in [0.29, 0.717) is 38.0 Å². The van der Waals surface area contributed by atoms with Crippen molar-refractivity contribution in [1.82, 2.24) is 29.9 Å². The highest BCUT2D eigenvalue weighted by atomic mass is 16.2. The number of hydrogen-bond acceptors (Lipinski definition) is 8. The van der Waals surface area contributed by atoms with E-state index in [4.69, 9.17) is 16.5 Å². The minimum absolute atomic E-state index is 0.202. The van der Waals surface area contributed by atoms with Gasteiger partial charge in [-0.05, 0) is 97.9 Å². The second-order valence-electron chi connectivity index (χ2n) is 14.3. The van der Waals surface area contributed by atoms with E-state index in [1.54, 1.807) is 0 Å². The van der Waals surface area contributed by atoms with Crippen molar-refractivity contribution < 1.29 is 9.59 Å². The summed E-state index contributed by atoms with van der Waals surface area (Å²) in [5.74, 6) is 1.60. The fourth-order valence-electron chi connectivity index (χ4n) is 7.52. The van der Waals surface area contributed by atoms with Gasteiger partial charge in [0.1, 0.15) is 0 Å². The average molecular weight is 667 g/mol. The summed E-state index contributed by atoms with van der Waals surface area (Å²) in [5.41, 5.74) is 17.8. The topological polar surface area (TPSA) is 124 Å². The Balaban J connectivity index is 0.973. The Labute approximate surface area is 291 Å². The first-order valence-corrected chi connectivity index (χ1v) is 18.2. The molecule has 2 saturated heterocycles. The van der Waals surface area contributed by atoms with E-state index in [-0.39, 0.29) is 11.8 Å². The van der Waals surface area contributed by atoms with Crippen molar-refractivity contribution in [3.05, 3.63) is 89.2 Å². The molecule has 0 unspecified atom stereocenters. The molecule has 2 aromatic carbocycles. The Kier molecular flexibility index (Phi) is 12.2. The number of piperidine rings is 2. The van der Waals surface area contributed by atoms with Crippen molar-refractivity contribution in [2.45, 2.75) is 51.6 Å². The summed E-state index contributed by atoms with van der Waals surface area (Å²) in [5, 5.41) is 3.57. The molecular weight excluding hydrogens is 612 g/mol. The van der Waals surface area contributed by atoms with Crippen LogP contribution in [0.2, 0.25) is 0 Å². The molecule has 3 aromatic rings. The molecule has 0 aliphatic carbocycles. The number of nitrogens with one attached hydrogen (secondary N) is 1. The van der Waals surface area contributed by atoms with Crippen molar-refractivity contribution >= 4 is 23.2 Å². The number of anilines is 2. The van der Waals surface area contributed by atoms with Gasteiger partial charge in [0.2, 0.25) is 11.8 Å². The molecule has 0 atom stereocenters. The quantitative estimate of drug-likeness (QED) is 0.313. The molecule has 0 spiro atoms. The van der Waals surface area contributed by atoms with E-state index < -0.39 is 0 Å². The number of fused-ring (bicyclic) bond motifs is 2. The number of nitrogen functional groups attached to an aromatic ring is 2. The van der Waals surface area contributed by atoms with Crippen LogP contribution in [0.5, 0.6) is 0 Å². The fraction of sp³-hybridized carbons (Fsp3) is 0.513. The first-order chi connectivity index (χ1) is 23.9. The predicted molar refractivity (Wildman–Crippen MR) is 195 cm³/mol. The highest BCUT2D eigenvalue weighted by Gasteiger charge is 2.26. The molecule has 5 N–H and O–H groups in total. The predicted octanol–water partition coefficient (Wildman–Crippen LogP) is 3.42. The SMILES string of the molecule is Nc1ccc(CC2CCN(C(=O)CN3CCNCCN(CC(=O)N4CCC(Cc5ccc(N)cc5)CC4)Cc4cccc(n4)C3)CC2)cc1. The Bertz CT molecular complexity index is 1390. The van der Waals surface area contributed by atoms with Crippen molar-refractivity contribution in [2.24, 2.45) is 11.8 Å². The van der Waals surface area contributed by atoms with Gasteiger partial charge < -0.3 is 26.6 Å². The normalized spacial score (nSPS) is 19.3. The standard InChI is InChI=1S/C39H54N8O2/c40-34-8-4-30(5-9-34)24-32-12-18-46(19-13-32)38(48)28-44-22-16-42-17-23-45(27-37-3-1-2-36(26-44)43-37)29-39(49)47-20-14-33(15-21-47)25-31-6-10-35(41)11-7-31/h1-11,32-33,42H,12-29,40-41H2. The van der Waals surface area contributed by atoms with E-state index >= 15 is 0 Å². The second kappa shape index (κ2) is 17.1. The molecule has 3 aliphatic rings. The van der Waals surface area contributed by atoms with Crippen LogP contribution in [0.3, 0.4) is 0 Å². The minimum atomic E-state index is 0.202. The van der Waals surface area contributed by atoms with Gasteiger partial charge in [-0.1, -0.05) is 30.3 Å². The zero-order valence-corrected chi connectivity index (χ0v) is 28.9. The van der Waals surface area contributed by atoms with E-state index in [1.807, 2.05) is 46.2 Å². The van der Waals surface area contributed by atoms with Crippen LogP contribution in [0, 0.1) is 11.8 Å². The molecule has 0 saturated carbocycles. The Morgan fingerprint density at radius 1 is 0.612 bits per heavy atom. The third-order valence-corrected chi connectivity index (χ3v) is 10.5. The van der Waals surface area contributed by atoms with Crippen molar-refractivity contribution in [1.29, 1.82) is 0 Å². The zero-order valence-electron chi connectivity index (χ0n) is 28.9. The Morgan fingerprint density at radius 2 is 1.02 bits per heavy atom. The van der Waals surface area contributed by atoms with E-state index in [9.17, 15) is 9.59 Å². The number of nitrogens with two attached hydrogens (primary N) is 2. The summed E-state index contributed by atoms with van der Waals surface area (Å²) in [6.45, 7) is 8.37. The largest absolute Gasteiger partial charge is 0.399 e. The minimum Gasteiger partial charge on any atom is -0.399 e. The molecule has 10 heteroatoms. The number of rotatable bonds is 8. The fourth-order valence-corrected chi connectivity index (χ4v) is 7.52. The van der Waals surface area contributed by atoms with Gasteiger partial charge in [-0.15, -0.1) is 0 Å². The lowest BCUT2D eigenvalue weighted by Gasteiger charge is -2.34. The molecule has 10 nitrogen and oxygen atoms in total. The van der Waals surface area contributed by atoms with Crippen LogP contribution < -0.4 is 16.8 Å². The number of nitrogens with zero attached hydrogens (tertiary/aromatic N) is 5. The van der Waals surface area contributed by atoms with E-state index in [2.05, 4.69) is 45.4 Å². The summed E-state index contributed by atoms with van der Waals surface area (Å²) in [6.07, 6.45) is 6.20. The molecular formula is C39H54N8O2. The summed E-state index contributed by atoms with van der Waals surface area (Å²) >= 11 is 0. The summed E-state index contributed by atoms with van der Waals surface area (Å²) in [4.78, 5) is 40.4. The monoisotopic (exact) mass is 666 g/mol. The molecule has 49 heavy (non-hydrogen) atoms. The van der Waals surface area contributed by atoms with Crippen LogP contribution >= 0.6 is 0 Å². The molecule has 3 aliphatic heterocycles. The number of hydrogen-bond donors (Lipinski definition) is 3. The molecule has 2 bridgehead atoms. The molecule has 2 amide bonds. The maximum Gasteiger partial charge on any atom is 0.236 e. The number of carbonyl (C=O) groups is 2. The van der Waals surface area contributed by atoms with Crippen LogP contribution in [0.15, 0.2) is 66.7 Å². The van der Waals surface area contributed by atoms with Crippen molar-refractivity contribution in [2.75, 3.05) is 76.9 Å². The third kappa shape index (κ3) is 10.5. The lowest BCUT2D eigenvalue weighted by atomic mass is 9.90. The first kappa shape index (κ1) is 34.9. The van der Waals surface area contributed by atoms with Gasteiger partial charge in [0.15, 0.2) is 0 Å². The number of aromatic nitrogens is 1. The molecule has 1 aromatic heterocycles. The van der Waals surface area contributed by atoms with Crippen molar-refractivity contribution in [3.8, 4) is 0 Å². The smallest absolute Gasteiger partial charge is 0.236 e. The number of carbonyl (C=O) groups excluding carboxylic acids is 2. The molecule has 2 fully saturated rings. The van der Waals surface area contributed by atoms with Crippen LogP contribution in [-0.2, 0) is 35.5 Å². The van der Waals surface area contributed by atoms with Gasteiger partial charge in [0.25, 0.3) is 0 Å². The van der Waals surface area contributed by atoms with Crippen LogP contribution in [0.4, 0.5) is 11.4 Å². The van der Waals surface area contributed by atoms with Crippen LogP contribution in [0.25, 0.3) is 0 Å².